The molecule has 0 fully saturated rings. The molecule has 1 atom stereocenters. The van der Waals surface area contributed by atoms with E-state index >= 15 is 0 Å². The van der Waals surface area contributed by atoms with Crippen molar-refractivity contribution in [3.63, 3.8) is 0 Å². The van der Waals surface area contributed by atoms with Gasteiger partial charge in [-0.1, -0.05) is 108 Å². The summed E-state index contributed by atoms with van der Waals surface area (Å²) in [4.78, 5) is 0. The van der Waals surface area contributed by atoms with Gasteiger partial charge in [-0.25, -0.2) is 0 Å². The lowest BCUT2D eigenvalue weighted by molar-refractivity contribution is 0.606. The summed E-state index contributed by atoms with van der Waals surface area (Å²) in [5.74, 6) is 1.30. The van der Waals surface area contributed by atoms with Gasteiger partial charge in [0.1, 0.15) is 0 Å². The summed E-state index contributed by atoms with van der Waals surface area (Å²) in [6.45, 7) is 17.5. The maximum atomic E-state index is 5.74. The minimum Gasteiger partial charge on any atom is -0.399 e. The summed E-state index contributed by atoms with van der Waals surface area (Å²) in [5, 5.41) is 0. The Bertz CT molecular complexity index is 677. The Labute approximate surface area is 187 Å². The summed E-state index contributed by atoms with van der Waals surface area (Å²) in [5.41, 5.74) is 12.3. The molecule has 0 aliphatic heterocycles. The normalized spacial score (nSPS) is 11.8. The summed E-state index contributed by atoms with van der Waals surface area (Å²) >= 11 is 0. The van der Waals surface area contributed by atoms with Crippen molar-refractivity contribution in [1.82, 2.24) is 0 Å². The fourth-order valence-electron chi connectivity index (χ4n) is 3.28. The lowest BCUT2D eigenvalue weighted by Gasteiger charge is -2.17. The van der Waals surface area contributed by atoms with Crippen LogP contribution in [0.15, 0.2) is 60.2 Å². The number of allylic oxidation sites excluding steroid dienone is 2. The van der Waals surface area contributed by atoms with Crippen LogP contribution in [-0.4, -0.2) is 0 Å². The van der Waals surface area contributed by atoms with Crippen molar-refractivity contribution in [2.24, 2.45) is 0 Å². The molecule has 0 aliphatic carbocycles. The molecule has 30 heavy (non-hydrogen) atoms. The van der Waals surface area contributed by atoms with Crippen molar-refractivity contribution in [3.05, 3.63) is 76.9 Å². The van der Waals surface area contributed by atoms with Crippen LogP contribution in [-0.2, 0) is 0 Å². The van der Waals surface area contributed by atoms with E-state index in [1.165, 1.54) is 47.9 Å². The molecule has 0 bridgehead atoms. The fraction of sp³-hybridized carbons (Fsp3) is 0.517. The van der Waals surface area contributed by atoms with E-state index in [0.717, 1.165) is 12.1 Å². The second-order valence-corrected chi connectivity index (χ2v) is 8.59. The standard InChI is InChI=1S/C16H25N.C10H14.C3H8/c1-4-6-13(3)12-15(7-5-2)14-8-10-16(17)11-9-14;1-8(2)10-6-4-9(3)5-7-10;1-3-2/h6,8-11,15H,4-5,7,12,17H2,1-3H3;4-8H,1-3H3;3H2,1-2H3/b13-6-;;. The molecule has 1 heteroatoms. The van der Waals surface area contributed by atoms with Crippen LogP contribution >= 0.6 is 0 Å². The highest BCUT2D eigenvalue weighted by molar-refractivity contribution is 5.40. The highest BCUT2D eigenvalue weighted by atomic mass is 14.5. The number of anilines is 1. The molecule has 0 spiro atoms. The molecule has 168 valence electrons. The number of nitrogen functional groups attached to an aromatic ring is 1. The molecular formula is C29H47N. The van der Waals surface area contributed by atoms with Gasteiger partial charge in [-0.15, -0.1) is 0 Å². The van der Waals surface area contributed by atoms with Crippen LogP contribution in [0.25, 0.3) is 0 Å². The van der Waals surface area contributed by atoms with Crippen molar-refractivity contribution in [1.29, 1.82) is 0 Å². The maximum Gasteiger partial charge on any atom is 0.0314 e. The molecule has 2 rings (SSSR count). The molecule has 0 saturated heterocycles. The van der Waals surface area contributed by atoms with Crippen molar-refractivity contribution in [3.8, 4) is 0 Å². The second-order valence-electron chi connectivity index (χ2n) is 8.59. The zero-order valence-electron chi connectivity index (χ0n) is 21.0. The Hall–Kier alpha value is -2.02. The van der Waals surface area contributed by atoms with E-state index in [0.29, 0.717) is 11.8 Å². The number of aryl methyl sites for hydroxylation is 1. The highest BCUT2D eigenvalue weighted by Crippen LogP contribution is 2.28. The van der Waals surface area contributed by atoms with Gasteiger partial charge < -0.3 is 5.73 Å². The summed E-state index contributed by atoms with van der Waals surface area (Å²) < 4.78 is 0. The third-order valence-electron chi connectivity index (χ3n) is 4.91. The molecule has 0 saturated carbocycles. The molecule has 0 aliphatic rings. The first-order chi connectivity index (χ1) is 14.3. The smallest absolute Gasteiger partial charge is 0.0314 e. The van der Waals surface area contributed by atoms with Crippen LogP contribution in [0.2, 0.25) is 0 Å². The third-order valence-corrected chi connectivity index (χ3v) is 4.91. The van der Waals surface area contributed by atoms with Crippen LogP contribution in [0.5, 0.6) is 0 Å². The number of hydrogen-bond acceptors (Lipinski definition) is 1. The van der Waals surface area contributed by atoms with Gasteiger partial charge >= 0.3 is 0 Å². The zero-order valence-corrected chi connectivity index (χ0v) is 21.0. The number of hydrogen-bond donors (Lipinski definition) is 1. The van der Waals surface area contributed by atoms with Crippen LogP contribution < -0.4 is 5.73 Å². The topological polar surface area (TPSA) is 26.0 Å². The fourth-order valence-corrected chi connectivity index (χ4v) is 3.28. The van der Waals surface area contributed by atoms with E-state index in [1.54, 1.807) is 0 Å². The Morgan fingerprint density at radius 2 is 1.37 bits per heavy atom. The molecule has 0 amide bonds. The Morgan fingerprint density at radius 1 is 0.867 bits per heavy atom. The molecule has 2 aromatic rings. The molecule has 2 aromatic carbocycles. The lowest BCUT2D eigenvalue weighted by Crippen LogP contribution is -2.00. The van der Waals surface area contributed by atoms with Gasteiger partial charge in [-0.05, 0) is 68.2 Å². The Balaban J connectivity index is 0.000000546. The second kappa shape index (κ2) is 16.7. The number of benzene rings is 2. The molecular weight excluding hydrogens is 362 g/mol. The number of rotatable bonds is 7. The quantitative estimate of drug-likeness (QED) is 0.357. The van der Waals surface area contributed by atoms with Gasteiger partial charge in [0.15, 0.2) is 0 Å². The summed E-state index contributed by atoms with van der Waals surface area (Å²) in [6, 6.07) is 17.1. The predicted octanol–water partition coefficient (Wildman–Crippen LogP) is 9.43. The van der Waals surface area contributed by atoms with E-state index in [1.807, 2.05) is 12.1 Å². The van der Waals surface area contributed by atoms with Crippen molar-refractivity contribution >= 4 is 5.69 Å². The van der Waals surface area contributed by atoms with Gasteiger partial charge in [0, 0.05) is 5.69 Å². The largest absolute Gasteiger partial charge is 0.399 e. The van der Waals surface area contributed by atoms with Gasteiger partial charge in [0.25, 0.3) is 0 Å². The van der Waals surface area contributed by atoms with Gasteiger partial charge in [-0.2, -0.15) is 0 Å². The summed E-state index contributed by atoms with van der Waals surface area (Å²) in [6.07, 6.45) is 8.37. The molecule has 2 N–H and O–H groups in total. The molecule has 0 radical (unpaired) electrons. The molecule has 1 unspecified atom stereocenters. The Kier molecular flexibility index (Phi) is 15.6. The van der Waals surface area contributed by atoms with Crippen LogP contribution in [0.1, 0.15) is 109 Å². The van der Waals surface area contributed by atoms with Gasteiger partial charge in [0.2, 0.25) is 0 Å². The minimum absolute atomic E-state index is 0.642. The van der Waals surface area contributed by atoms with Crippen LogP contribution in [0.4, 0.5) is 5.69 Å². The van der Waals surface area contributed by atoms with Gasteiger partial charge in [0.05, 0.1) is 0 Å². The van der Waals surface area contributed by atoms with Crippen molar-refractivity contribution in [2.75, 3.05) is 5.73 Å². The van der Waals surface area contributed by atoms with Crippen LogP contribution in [0.3, 0.4) is 0 Å². The van der Waals surface area contributed by atoms with Gasteiger partial charge in [-0.3, -0.25) is 0 Å². The van der Waals surface area contributed by atoms with E-state index in [4.69, 9.17) is 5.73 Å². The SMILES string of the molecule is CC/C=C(/C)CC(CCC)c1ccc(N)cc1.CCC.Cc1ccc(C(C)C)cc1. The van der Waals surface area contributed by atoms with E-state index in [9.17, 15) is 0 Å². The maximum absolute atomic E-state index is 5.74. The average molecular weight is 410 g/mol. The van der Waals surface area contributed by atoms with E-state index in [2.05, 4.69) is 97.9 Å². The first kappa shape index (κ1) is 28.0. The van der Waals surface area contributed by atoms with Crippen LogP contribution in [0, 0.1) is 6.92 Å². The van der Waals surface area contributed by atoms with Crippen molar-refractivity contribution < 1.29 is 0 Å². The average Bonchev–Trinajstić information content (AvgIpc) is 2.70. The lowest BCUT2D eigenvalue weighted by atomic mass is 9.88. The molecule has 0 aromatic heterocycles. The predicted molar refractivity (Wildman–Crippen MR) is 138 cm³/mol. The highest BCUT2D eigenvalue weighted by Gasteiger charge is 2.11. The monoisotopic (exact) mass is 409 g/mol. The summed E-state index contributed by atoms with van der Waals surface area (Å²) in [7, 11) is 0. The van der Waals surface area contributed by atoms with E-state index < -0.39 is 0 Å². The van der Waals surface area contributed by atoms with Crippen molar-refractivity contribution in [2.45, 2.75) is 99.3 Å². The first-order valence-electron chi connectivity index (χ1n) is 11.9. The van der Waals surface area contributed by atoms with E-state index in [-0.39, 0.29) is 0 Å². The zero-order chi connectivity index (χ0) is 22.9. The third kappa shape index (κ3) is 12.5. The Morgan fingerprint density at radius 3 is 1.80 bits per heavy atom. The number of nitrogens with two attached hydrogens (primary N) is 1. The first-order valence-corrected chi connectivity index (χ1v) is 11.9. The minimum atomic E-state index is 0.642. The molecule has 1 nitrogen and oxygen atoms in total. The molecule has 0 heterocycles.